The minimum atomic E-state index is -0.700. The number of hydrogen-bond acceptors (Lipinski definition) is 5. The molecule has 1 aliphatic rings. The summed E-state index contributed by atoms with van der Waals surface area (Å²) in [6, 6.07) is 10.2. The van der Waals surface area contributed by atoms with Crippen LogP contribution in [0.3, 0.4) is 0 Å². The Kier molecular flexibility index (Phi) is 4.20. The van der Waals surface area contributed by atoms with Gasteiger partial charge in [-0.1, -0.05) is 30.3 Å². The standard InChI is InChI=1S/C18H18N2O4/c1-3-24-18(23)14-11-13(15(21)12-7-5-4-6-8-12)16-19(2)9-10-20(16)17(14)22/h4-8,11H,3,9-10H2,1-2H3. The van der Waals surface area contributed by atoms with Crippen molar-refractivity contribution in [3.05, 3.63) is 63.4 Å². The van der Waals surface area contributed by atoms with Crippen LogP contribution in [0.2, 0.25) is 0 Å². The van der Waals surface area contributed by atoms with Gasteiger partial charge in [0.25, 0.3) is 5.56 Å². The molecule has 24 heavy (non-hydrogen) atoms. The summed E-state index contributed by atoms with van der Waals surface area (Å²) in [7, 11) is 1.82. The molecule has 3 rings (SSSR count). The van der Waals surface area contributed by atoms with E-state index in [1.165, 1.54) is 10.6 Å². The molecule has 0 bridgehead atoms. The molecule has 124 valence electrons. The third-order valence-electron chi connectivity index (χ3n) is 4.06. The van der Waals surface area contributed by atoms with Gasteiger partial charge in [-0.25, -0.2) is 4.79 Å². The third-order valence-corrected chi connectivity index (χ3v) is 4.06. The minimum Gasteiger partial charge on any atom is -0.462 e. The number of benzene rings is 1. The summed E-state index contributed by atoms with van der Waals surface area (Å²) >= 11 is 0. The molecule has 0 radical (unpaired) electrons. The second-order valence-electron chi connectivity index (χ2n) is 5.59. The van der Waals surface area contributed by atoms with Crippen LogP contribution in [0, 0.1) is 0 Å². The van der Waals surface area contributed by atoms with Crippen molar-refractivity contribution in [3.63, 3.8) is 0 Å². The highest BCUT2D eigenvalue weighted by Gasteiger charge is 2.29. The zero-order valence-electron chi connectivity index (χ0n) is 13.6. The summed E-state index contributed by atoms with van der Waals surface area (Å²) in [4.78, 5) is 39.4. The lowest BCUT2D eigenvalue weighted by Crippen LogP contribution is -2.28. The molecule has 0 aliphatic carbocycles. The van der Waals surface area contributed by atoms with Crippen LogP contribution in [0.25, 0.3) is 0 Å². The predicted molar refractivity (Wildman–Crippen MR) is 89.8 cm³/mol. The molecule has 0 saturated carbocycles. The Bertz CT molecular complexity index is 855. The zero-order valence-corrected chi connectivity index (χ0v) is 13.6. The first-order chi connectivity index (χ1) is 11.5. The molecule has 1 aromatic heterocycles. The maximum absolute atomic E-state index is 12.9. The van der Waals surface area contributed by atoms with E-state index in [2.05, 4.69) is 0 Å². The van der Waals surface area contributed by atoms with Crippen molar-refractivity contribution < 1.29 is 14.3 Å². The number of carbonyl (C=O) groups excluding carboxylic acids is 2. The molecule has 6 nitrogen and oxygen atoms in total. The fraction of sp³-hybridized carbons (Fsp3) is 0.278. The van der Waals surface area contributed by atoms with Gasteiger partial charge in [-0.3, -0.25) is 14.2 Å². The highest BCUT2D eigenvalue weighted by Crippen LogP contribution is 2.26. The number of pyridine rings is 1. The molecule has 0 fully saturated rings. The number of rotatable bonds is 4. The summed E-state index contributed by atoms with van der Waals surface area (Å²) in [5, 5.41) is 0. The van der Waals surface area contributed by atoms with Crippen LogP contribution in [-0.4, -0.2) is 36.5 Å². The Morgan fingerprint density at radius 3 is 2.50 bits per heavy atom. The number of aromatic nitrogens is 1. The lowest BCUT2D eigenvalue weighted by molar-refractivity contribution is 0.0523. The first-order valence-electron chi connectivity index (χ1n) is 7.80. The molecular formula is C18H18N2O4. The fourth-order valence-corrected chi connectivity index (χ4v) is 2.90. The zero-order chi connectivity index (χ0) is 17.3. The molecule has 0 N–H and O–H groups in total. The van der Waals surface area contributed by atoms with Crippen molar-refractivity contribution in [2.45, 2.75) is 13.5 Å². The second-order valence-corrected chi connectivity index (χ2v) is 5.59. The van der Waals surface area contributed by atoms with Crippen molar-refractivity contribution in [2.24, 2.45) is 0 Å². The highest BCUT2D eigenvalue weighted by molar-refractivity contribution is 6.13. The molecule has 0 saturated heterocycles. The van der Waals surface area contributed by atoms with Crippen molar-refractivity contribution in [3.8, 4) is 0 Å². The van der Waals surface area contributed by atoms with Gasteiger partial charge in [0.1, 0.15) is 11.4 Å². The Morgan fingerprint density at radius 1 is 1.12 bits per heavy atom. The minimum absolute atomic E-state index is 0.102. The summed E-state index contributed by atoms with van der Waals surface area (Å²) < 4.78 is 6.43. The highest BCUT2D eigenvalue weighted by atomic mass is 16.5. The van der Waals surface area contributed by atoms with Crippen LogP contribution < -0.4 is 10.5 Å². The van der Waals surface area contributed by atoms with Gasteiger partial charge in [0.05, 0.1) is 12.2 Å². The van der Waals surface area contributed by atoms with Crippen molar-refractivity contribution in [1.82, 2.24) is 4.57 Å². The lowest BCUT2D eigenvalue weighted by Gasteiger charge is -2.17. The number of fused-ring (bicyclic) bond motifs is 1. The third kappa shape index (κ3) is 2.60. The van der Waals surface area contributed by atoms with E-state index >= 15 is 0 Å². The number of anilines is 1. The maximum atomic E-state index is 12.9. The van der Waals surface area contributed by atoms with E-state index in [0.717, 1.165) is 0 Å². The van der Waals surface area contributed by atoms with Crippen LogP contribution in [0.15, 0.2) is 41.2 Å². The normalized spacial score (nSPS) is 12.8. The molecule has 0 spiro atoms. The quantitative estimate of drug-likeness (QED) is 0.632. The van der Waals surface area contributed by atoms with E-state index < -0.39 is 11.5 Å². The number of esters is 1. The summed E-state index contributed by atoms with van der Waals surface area (Å²) in [5.74, 6) is -0.380. The Labute approximate surface area is 139 Å². The van der Waals surface area contributed by atoms with Gasteiger partial charge >= 0.3 is 5.97 Å². The van der Waals surface area contributed by atoms with Crippen LogP contribution >= 0.6 is 0 Å². The van der Waals surface area contributed by atoms with Gasteiger partial charge in [-0.05, 0) is 13.0 Å². The Balaban J connectivity index is 2.20. The molecular weight excluding hydrogens is 308 g/mol. The topological polar surface area (TPSA) is 68.6 Å². The molecule has 0 amide bonds. The summed E-state index contributed by atoms with van der Waals surface area (Å²) in [6.07, 6.45) is 0. The van der Waals surface area contributed by atoms with Gasteiger partial charge in [-0.2, -0.15) is 0 Å². The first-order valence-corrected chi connectivity index (χ1v) is 7.80. The average Bonchev–Trinajstić information content (AvgIpc) is 2.98. The number of ether oxygens (including phenoxy) is 1. The van der Waals surface area contributed by atoms with Gasteiger partial charge in [0.2, 0.25) is 0 Å². The smallest absolute Gasteiger partial charge is 0.343 e. The largest absolute Gasteiger partial charge is 0.462 e. The van der Waals surface area contributed by atoms with Gasteiger partial charge in [0, 0.05) is 25.7 Å². The van der Waals surface area contributed by atoms with Crippen LogP contribution in [0.5, 0.6) is 0 Å². The van der Waals surface area contributed by atoms with Gasteiger partial charge in [-0.15, -0.1) is 0 Å². The van der Waals surface area contributed by atoms with E-state index in [4.69, 9.17) is 4.74 Å². The second kappa shape index (κ2) is 6.31. The van der Waals surface area contributed by atoms with E-state index in [-0.39, 0.29) is 18.0 Å². The first kappa shape index (κ1) is 16.0. The number of carbonyl (C=O) groups is 2. The van der Waals surface area contributed by atoms with Crippen LogP contribution in [-0.2, 0) is 11.3 Å². The van der Waals surface area contributed by atoms with Crippen molar-refractivity contribution in [1.29, 1.82) is 0 Å². The molecule has 2 heterocycles. The maximum Gasteiger partial charge on any atom is 0.343 e. The Morgan fingerprint density at radius 2 is 1.83 bits per heavy atom. The van der Waals surface area contributed by atoms with Crippen molar-refractivity contribution >= 4 is 17.6 Å². The molecule has 1 aromatic carbocycles. The predicted octanol–water partition coefficient (Wildman–Crippen LogP) is 1.71. The molecule has 1 aliphatic heterocycles. The summed E-state index contributed by atoms with van der Waals surface area (Å²) in [5.41, 5.74) is 0.325. The number of ketones is 1. The molecule has 6 heteroatoms. The summed E-state index contributed by atoms with van der Waals surface area (Å²) in [6.45, 7) is 2.89. The molecule has 2 aromatic rings. The molecule has 0 atom stereocenters. The molecule has 0 unspecified atom stereocenters. The van der Waals surface area contributed by atoms with E-state index in [1.54, 1.807) is 31.2 Å². The number of nitrogens with zero attached hydrogens (tertiary/aromatic N) is 2. The van der Waals surface area contributed by atoms with E-state index in [0.29, 0.717) is 30.0 Å². The monoisotopic (exact) mass is 326 g/mol. The fourth-order valence-electron chi connectivity index (χ4n) is 2.90. The van der Waals surface area contributed by atoms with Gasteiger partial charge in [0.15, 0.2) is 5.78 Å². The van der Waals surface area contributed by atoms with E-state index in [9.17, 15) is 14.4 Å². The average molecular weight is 326 g/mol. The van der Waals surface area contributed by atoms with Crippen LogP contribution in [0.4, 0.5) is 5.82 Å². The SMILES string of the molecule is CCOC(=O)c1cc(C(=O)c2ccccc2)c2n(c1=O)CCN2C. The number of hydrogen-bond donors (Lipinski definition) is 0. The number of likely N-dealkylation sites (N-methyl/N-ethyl adjacent to an activating group) is 1. The van der Waals surface area contributed by atoms with Crippen LogP contribution in [0.1, 0.15) is 33.2 Å². The van der Waals surface area contributed by atoms with Crippen molar-refractivity contribution in [2.75, 3.05) is 25.1 Å². The van der Waals surface area contributed by atoms with Gasteiger partial charge < -0.3 is 9.64 Å². The lowest BCUT2D eigenvalue weighted by atomic mass is 10.0. The van der Waals surface area contributed by atoms with E-state index in [1.807, 2.05) is 18.0 Å². The Hall–Kier alpha value is -2.89.